The van der Waals surface area contributed by atoms with Crippen molar-refractivity contribution in [3.05, 3.63) is 40.6 Å². The summed E-state index contributed by atoms with van der Waals surface area (Å²) in [7, 11) is 0. The lowest BCUT2D eigenvalue weighted by Gasteiger charge is -2.36. The molecule has 0 radical (unpaired) electrons. The minimum absolute atomic E-state index is 0.739. The number of anilines is 3. The predicted molar refractivity (Wildman–Crippen MR) is 89.7 cm³/mol. The highest BCUT2D eigenvalue weighted by atomic mass is 79.9. The zero-order chi connectivity index (χ0) is 14.8. The highest BCUT2D eigenvalue weighted by Crippen LogP contribution is 2.23. The topological polar surface area (TPSA) is 58.3 Å². The van der Waals surface area contributed by atoms with Crippen LogP contribution in [0.25, 0.3) is 0 Å². The van der Waals surface area contributed by atoms with Crippen molar-refractivity contribution in [1.29, 1.82) is 0 Å². The number of hydrogen-bond acceptors (Lipinski definition) is 5. The number of aryl methyl sites for hydroxylation is 1. The van der Waals surface area contributed by atoms with E-state index in [-0.39, 0.29) is 0 Å². The predicted octanol–water partition coefficient (Wildman–Crippen LogP) is 2.46. The Hall–Kier alpha value is -1.82. The molecule has 2 aromatic rings. The van der Waals surface area contributed by atoms with E-state index in [9.17, 15) is 0 Å². The second-order valence-corrected chi connectivity index (χ2v) is 5.98. The molecule has 0 unspecified atom stereocenters. The first-order valence-corrected chi connectivity index (χ1v) is 7.78. The summed E-state index contributed by atoms with van der Waals surface area (Å²) in [5.41, 5.74) is 7.76. The molecule has 0 amide bonds. The molecule has 1 aliphatic heterocycles. The van der Waals surface area contributed by atoms with Crippen molar-refractivity contribution in [3.8, 4) is 0 Å². The Morgan fingerprint density at radius 3 is 2.48 bits per heavy atom. The number of nitrogens with two attached hydrogens (primary N) is 1. The van der Waals surface area contributed by atoms with Crippen molar-refractivity contribution in [1.82, 2.24) is 9.97 Å². The van der Waals surface area contributed by atoms with Gasteiger partial charge in [-0.25, -0.2) is 9.97 Å². The number of piperazine rings is 1. The summed E-state index contributed by atoms with van der Waals surface area (Å²) in [6.07, 6.45) is 1.79. The molecule has 2 N–H and O–H groups in total. The van der Waals surface area contributed by atoms with Gasteiger partial charge in [-0.3, -0.25) is 0 Å². The Balaban J connectivity index is 1.70. The molecule has 1 aliphatic rings. The Kier molecular flexibility index (Phi) is 3.96. The summed E-state index contributed by atoms with van der Waals surface area (Å²) in [4.78, 5) is 13.6. The van der Waals surface area contributed by atoms with Gasteiger partial charge in [0.1, 0.15) is 5.82 Å². The Morgan fingerprint density at radius 1 is 1.10 bits per heavy atom. The first-order chi connectivity index (χ1) is 10.1. The SMILES string of the molecule is Cc1nc(N2CCN(c3ncccc3N)CC2)ccc1Br. The number of halogens is 1. The van der Waals surface area contributed by atoms with Crippen LogP contribution in [0.4, 0.5) is 17.3 Å². The average molecular weight is 348 g/mol. The summed E-state index contributed by atoms with van der Waals surface area (Å²) in [6, 6.07) is 7.88. The van der Waals surface area contributed by atoms with Crippen LogP contribution in [0.2, 0.25) is 0 Å². The minimum Gasteiger partial charge on any atom is -0.396 e. The average Bonchev–Trinajstić information content (AvgIpc) is 2.51. The molecule has 3 rings (SSSR count). The summed E-state index contributed by atoms with van der Waals surface area (Å²) >= 11 is 3.49. The second-order valence-electron chi connectivity index (χ2n) is 5.13. The molecule has 0 saturated carbocycles. The van der Waals surface area contributed by atoms with Crippen LogP contribution < -0.4 is 15.5 Å². The molecule has 0 spiro atoms. The minimum atomic E-state index is 0.739. The van der Waals surface area contributed by atoms with Gasteiger partial charge in [0.25, 0.3) is 0 Å². The second kappa shape index (κ2) is 5.89. The van der Waals surface area contributed by atoms with Gasteiger partial charge in [0.2, 0.25) is 0 Å². The Morgan fingerprint density at radius 2 is 1.81 bits per heavy atom. The lowest BCUT2D eigenvalue weighted by atomic mass is 10.2. The van der Waals surface area contributed by atoms with E-state index in [0.717, 1.165) is 53.7 Å². The van der Waals surface area contributed by atoms with Crippen LogP contribution >= 0.6 is 15.9 Å². The zero-order valence-corrected chi connectivity index (χ0v) is 13.5. The smallest absolute Gasteiger partial charge is 0.151 e. The van der Waals surface area contributed by atoms with E-state index >= 15 is 0 Å². The van der Waals surface area contributed by atoms with Crippen molar-refractivity contribution < 1.29 is 0 Å². The third-order valence-electron chi connectivity index (χ3n) is 3.73. The third kappa shape index (κ3) is 2.95. The number of nitrogen functional groups attached to an aromatic ring is 1. The van der Waals surface area contributed by atoms with Crippen LogP contribution in [-0.2, 0) is 0 Å². The monoisotopic (exact) mass is 347 g/mol. The summed E-state index contributed by atoms with van der Waals surface area (Å²) in [6.45, 7) is 5.66. The van der Waals surface area contributed by atoms with Crippen LogP contribution in [-0.4, -0.2) is 36.1 Å². The van der Waals surface area contributed by atoms with Crippen LogP contribution in [0.1, 0.15) is 5.69 Å². The molecule has 3 heterocycles. The van der Waals surface area contributed by atoms with Gasteiger partial charge < -0.3 is 15.5 Å². The highest BCUT2D eigenvalue weighted by Gasteiger charge is 2.20. The molecule has 2 aromatic heterocycles. The van der Waals surface area contributed by atoms with Crippen LogP contribution in [0.5, 0.6) is 0 Å². The molecule has 0 atom stereocenters. The van der Waals surface area contributed by atoms with Crippen LogP contribution in [0.3, 0.4) is 0 Å². The fourth-order valence-electron chi connectivity index (χ4n) is 2.53. The van der Waals surface area contributed by atoms with Crippen molar-refractivity contribution in [2.75, 3.05) is 41.7 Å². The normalized spacial score (nSPS) is 15.3. The standard InChI is InChI=1S/C15H18BrN5/c1-11-12(16)4-5-14(19-11)20-7-9-21(10-8-20)15-13(17)3-2-6-18-15/h2-6H,7-10,17H2,1H3. The Bertz CT molecular complexity index is 638. The maximum absolute atomic E-state index is 6.00. The van der Waals surface area contributed by atoms with Gasteiger partial charge in [-0.2, -0.15) is 0 Å². The van der Waals surface area contributed by atoms with Crippen LogP contribution in [0, 0.1) is 6.92 Å². The first-order valence-electron chi connectivity index (χ1n) is 6.98. The molecule has 6 heteroatoms. The molecule has 110 valence electrons. The number of pyridine rings is 2. The van der Waals surface area contributed by atoms with Crippen molar-refractivity contribution in [3.63, 3.8) is 0 Å². The number of aromatic nitrogens is 2. The van der Waals surface area contributed by atoms with E-state index in [0.29, 0.717) is 0 Å². The molecular formula is C15H18BrN5. The first kappa shape index (κ1) is 14.1. The van der Waals surface area contributed by atoms with E-state index in [4.69, 9.17) is 5.73 Å². The van der Waals surface area contributed by atoms with Crippen molar-refractivity contribution in [2.24, 2.45) is 0 Å². The van der Waals surface area contributed by atoms with Gasteiger partial charge in [0.15, 0.2) is 5.82 Å². The molecule has 0 bridgehead atoms. The fourth-order valence-corrected chi connectivity index (χ4v) is 2.75. The zero-order valence-electron chi connectivity index (χ0n) is 12.0. The van der Waals surface area contributed by atoms with Crippen molar-refractivity contribution >= 4 is 33.3 Å². The molecule has 5 nitrogen and oxygen atoms in total. The number of rotatable bonds is 2. The highest BCUT2D eigenvalue weighted by molar-refractivity contribution is 9.10. The van der Waals surface area contributed by atoms with E-state index in [1.807, 2.05) is 19.1 Å². The molecule has 0 aliphatic carbocycles. The molecule has 0 aromatic carbocycles. The van der Waals surface area contributed by atoms with E-state index in [1.54, 1.807) is 6.20 Å². The van der Waals surface area contributed by atoms with Gasteiger partial charge in [-0.15, -0.1) is 0 Å². The maximum Gasteiger partial charge on any atom is 0.151 e. The quantitative estimate of drug-likeness (QED) is 0.904. The van der Waals surface area contributed by atoms with E-state index in [2.05, 4.69) is 47.8 Å². The van der Waals surface area contributed by atoms with Gasteiger partial charge >= 0.3 is 0 Å². The summed E-state index contributed by atoms with van der Waals surface area (Å²) in [5, 5.41) is 0. The number of hydrogen-bond donors (Lipinski definition) is 1. The van der Waals surface area contributed by atoms with Crippen molar-refractivity contribution in [2.45, 2.75) is 6.92 Å². The van der Waals surface area contributed by atoms with Gasteiger partial charge in [0.05, 0.1) is 11.4 Å². The third-order valence-corrected chi connectivity index (χ3v) is 4.56. The molecule has 1 saturated heterocycles. The summed E-state index contributed by atoms with van der Waals surface area (Å²) < 4.78 is 1.05. The molecule has 21 heavy (non-hydrogen) atoms. The van der Waals surface area contributed by atoms with E-state index in [1.165, 1.54) is 0 Å². The molecule has 1 fully saturated rings. The lowest BCUT2D eigenvalue weighted by molar-refractivity contribution is 0.641. The summed E-state index contributed by atoms with van der Waals surface area (Å²) in [5.74, 6) is 1.92. The maximum atomic E-state index is 6.00. The lowest BCUT2D eigenvalue weighted by Crippen LogP contribution is -2.47. The molecular weight excluding hydrogens is 330 g/mol. The Labute approximate surface area is 132 Å². The number of nitrogens with zero attached hydrogens (tertiary/aromatic N) is 4. The van der Waals surface area contributed by atoms with Crippen LogP contribution in [0.15, 0.2) is 34.9 Å². The van der Waals surface area contributed by atoms with Gasteiger partial charge in [-0.05, 0) is 47.1 Å². The van der Waals surface area contributed by atoms with Gasteiger partial charge in [0, 0.05) is 36.8 Å². The van der Waals surface area contributed by atoms with Gasteiger partial charge in [-0.1, -0.05) is 0 Å². The van der Waals surface area contributed by atoms with E-state index < -0.39 is 0 Å². The fraction of sp³-hybridized carbons (Fsp3) is 0.333. The largest absolute Gasteiger partial charge is 0.396 e.